The first-order valence-corrected chi connectivity index (χ1v) is 11.1. The fourth-order valence-electron chi connectivity index (χ4n) is 4.36. The number of halogens is 1. The van der Waals surface area contributed by atoms with Crippen LogP contribution in [0.3, 0.4) is 0 Å². The van der Waals surface area contributed by atoms with Gasteiger partial charge < -0.3 is 19.3 Å². The van der Waals surface area contributed by atoms with Gasteiger partial charge in [-0.1, -0.05) is 19.0 Å². The largest absolute Gasteiger partial charge is 0.493 e. The fraction of sp³-hybridized carbons (Fsp3) is 0.440. The smallest absolute Gasteiger partial charge is 0.170 e. The highest BCUT2D eigenvalue weighted by molar-refractivity contribution is 5.96. The average Bonchev–Trinajstić information content (AvgIpc) is 3.25. The average molecular weight is 441 g/mol. The zero-order valence-corrected chi connectivity index (χ0v) is 18.7. The van der Waals surface area contributed by atoms with Gasteiger partial charge in [-0.25, -0.2) is 4.39 Å². The number of nitrogens with zero attached hydrogens (tertiary/aromatic N) is 1. The number of hydrogen-bond donors (Lipinski definition) is 1. The molecule has 1 saturated heterocycles. The normalized spacial score (nSPS) is 19.6. The first kappa shape index (κ1) is 22.3. The van der Waals surface area contributed by atoms with Crippen LogP contribution in [-0.4, -0.2) is 37.2 Å². The molecule has 7 heteroatoms. The number of nitrogens with one attached hydrogen (secondary N) is 1. The van der Waals surface area contributed by atoms with Crippen LogP contribution in [-0.2, 0) is 0 Å². The molecule has 4 rings (SSSR count). The summed E-state index contributed by atoms with van der Waals surface area (Å²) < 4.78 is 30.4. The Labute approximate surface area is 187 Å². The second kappa shape index (κ2) is 9.69. The second-order valence-corrected chi connectivity index (χ2v) is 8.42. The molecule has 1 aliphatic heterocycles. The minimum absolute atomic E-state index is 0.0729. The Kier molecular flexibility index (Phi) is 6.74. The first-order valence-electron chi connectivity index (χ1n) is 11.1. The van der Waals surface area contributed by atoms with Gasteiger partial charge in [-0.3, -0.25) is 4.79 Å². The molecular weight excluding hydrogens is 411 g/mol. The summed E-state index contributed by atoms with van der Waals surface area (Å²) >= 11 is 0. The highest BCUT2D eigenvalue weighted by atomic mass is 19.1. The predicted molar refractivity (Wildman–Crippen MR) is 120 cm³/mol. The lowest BCUT2D eigenvalue weighted by atomic mass is 9.84. The molecule has 0 saturated carbocycles. The minimum Gasteiger partial charge on any atom is -0.493 e. The summed E-state index contributed by atoms with van der Waals surface area (Å²) in [6.07, 6.45) is 2.29. The SMILES string of the molecule is CCC(=O)c1ccc(OCC(C)C2CC(c3noc4cc(F)ccc34)CCN2)c(OC)c1. The van der Waals surface area contributed by atoms with Crippen LogP contribution in [0.1, 0.15) is 55.1 Å². The van der Waals surface area contributed by atoms with Crippen molar-refractivity contribution >= 4 is 16.8 Å². The molecule has 1 aliphatic rings. The third kappa shape index (κ3) is 4.63. The molecule has 0 radical (unpaired) electrons. The van der Waals surface area contributed by atoms with Crippen LogP contribution in [0.4, 0.5) is 4.39 Å². The number of methoxy groups -OCH3 is 1. The molecule has 6 nitrogen and oxygen atoms in total. The Morgan fingerprint density at radius 3 is 2.91 bits per heavy atom. The molecule has 170 valence electrons. The van der Waals surface area contributed by atoms with Crippen LogP contribution in [0, 0.1) is 11.7 Å². The number of piperidine rings is 1. The molecule has 2 heterocycles. The lowest BCUT2D eigenvalue weighted by Crippen LogP contribution is -2.43. The van der Waals surface area contributed by atoms with E-state index in [0.29, 0.717) is 35.7 Å². The quantitative estimate of drug-likeness (QED) is 0.490. The van der Waals surface area contributed by atoms with Crippen molar-refractivity contribution in [1.82, 2.24) is 10.5 Å². The number of carbonyl (C=O) groups is 1. The van der Waals surface area contributed by atoms with Crippen molar-refractivity contribution in [3.05, 3.63) is 53.5 Å². The van der Waals surface area contributed by atoms with E-state index in [9.17, 15) is 9.18 Å². The van der Waals surface area contributed by atoms with E-state index in [1.165, 1.54) is 12.1 Å². The number of aromatic nitrogens is 1. The Bertz CT molecular complexity index is 1100. The zero-order chi connectivity index (χ0) is 22.7. The van der Waals surface area contributed by atoms with Gasteiger partial charge in [0.15, 0.2) is 22.9 Å². The maximum atomic E-state index is 13.5. The van der Waals surface area contributed by atoms with Gasteiger partial charge in [0.25, 0.3) is 0 Å². The number of ether oxygens (including phenoxy) is 2. The van der Waals surface area contributed by atoms with Crippen molar-refractivity contribution in [3.8, 4) is 11.5 Å². The second-order valence-electron chi connectivity index (χ2n) is 8.42. The van der Waals surface area contributed by atoms with Gasteiger partial charge in [0.1, 0.15) is 5.82 Å². The van der Waals surface area contributed by atoms with E-state index in [2.05, 4.69) is 17.4 Å². The van der Waals surface area contributed by atoms with Crippen molar-refractivity contribution < 1.29 is 23.2 Å². The molecule has 0 spiro atoms. The third-order valence-electron chi connectivity index (χ3n) is 6.28. The van der Waals surface area contributed by atoms with E-state index in [0.717, 1.165) is 30.5 Å². The van der Waals surface area contributed by atoms with Crippen LogP contribution < -0.4 is 14.8 Å². The summed E-state index contributed by atoms with van der Waals surface area (Å²) in [5, 5.41) is 8.73. The van der Waals surface area contributed by atoms with Gasteiger partial charge in [-0.2, -0.15) is 0 Å². The number of rotatable bonds is 8. The maximum absolute atomic E-state index is 13.5. The molecule has 0 amide bonds. The van der Waals surface area contributed by atoms with E-state index in [4.69, 9.17) is 14.0 Å². The highest BCUT2D eigenvalue weighted by Gasteiger charge is 2.30. The Morgan fingerprint density at radius 2 is 2.12 bits per heavy atom. The molecule has 1 fully saturated rings. The third-order valence-corrected chi connectivity index (χ3v) is 6.28. The molecule has 3 aromatic rings. The fourth-order valence-corrected chi connectivity index (χ4v) is 4.36. The van der Waals surface area contributed by atoms with Gasteiger partial charge in [0.2, 0.25) is 0 Å². The molecule has 0 bridgehead atoms. The van der Waals surface area contributed by atoms with Crippen LogP contribution in [0.5, 0.6) is 11.5 Å². The number of hydrogen-bond acceptors (Lipinski definition) is 6. The first-order chi connectivity index (χ1) is 15.5. The summed E-state index contributed by atoms with van der Waals surface area (Å²) in [5.74, 6) is 1.41. The summed E-state index contributed by atoms with van der Waals surface area (Å²) in [6.45, 7) is 5.36. The lowest BCUT2D eigenvalue weighted by molar-refractivity contribution is 0.0987. The van der Waals surface area contributed by atoms with Crippen molar-refractivity contribution in [3.63, 3.8) is 0 Å². The van der Waals surface area contributed by atoms with E-state index < -0.39 is 0 Å². The van der Waals surface area contributed by atoms with Gasteiger partial charge in [0.05, 0.1) is 19.4 Å². The van der Waals surface area contributed by atoms with Crippen molar-refractivity contribution in [2.24, 2.45) is 5.92 Å². The number of benzene rings is 2. The van der Waals surface area contributed by atoms with Gasteiger partial charge >= 0.3 is 0 Å². The molecule has 3 unspecified atom stereocenters. The van der Waals surface area contributed by atoms with Crippen LogP contribution in [0.25, 0.3) is 11.0 Å². The minimum atomic E-state index is -0.323. The van der Waals surface area contributed by atoms with Crippen LogP contribution in [0.15, 0.2) is 40.9 Å². The van der Waals surface area contributed by atoms with Crippen molar-refractivity contribution in [2.45, 2.75) is 45.1 Å². The van der Waals surface area contributed by atoms with E-state index >= 15 is 0 Å². The summed E-state index contributed by atoms with van der Waals surface area (Å²) in [6, 6.07) is 10.1. The van der Waals surface area contributed by atoms with Gasteiger partial charge in [-0.15, -0.1) is 0 Å². The standard InChI is InChI=1S/C25H29FN2O4/c1-4-21(29)16-5-8-22(24(12-16)30-3)31-14-15(2)20-11-17(9-10-27-20)25-19-7-6-18(26)13-23(19)32-28-25/h5-8,12-13,15,17,20,27H,4,9-11,14H2,1-3H3. The van der Waals surface area contributed by atoms with Gasteiger partial charge in [-0.05, 0) is 49.7 Å². The van der Waals surface area contributed by atoms with Crippen molar-refractivity contribution in [1.29, 1.82) is 0 Å². The van der Waals surface area contributed by atoms with Crippen LogP contribution >= 0.6 is 0 Å². The zero-order valence-electron chi connectivity index (χ0n) is 18.7. The van der Waals surface area contributed by atoms with Gasteiger partial charge in [0, 0.05) is 41.3 Å². The Hall–Kier alpha value is -2.93. The lowest BCUT2D eigenvalue weighted by Gasteiger charge is -2.33. The molecule has 0 aliphatic carbocycles. The number of carbonyl (C=O) groups excluding carboxylic acids is 1. The van der Waals surface area contributed by atoms with E-state index in [1.54, 1.807) is 31.4 Å². The van der Waals surface area contributed by atoms with Crippen LogP contribution in [0.2, 0.25) is 0 Å². The maximum Gasteiger partial charge on any atom is 0.170 e. The van der Waals surface area contributed by atoms with E-state index in [1.807, 2.05) is 6.92 Å². The Morgan fingerprint density at radius 1 is 1.28 bits per heavy atom. The molecule has 1 aromatic heterocycles. The van der Waals surface area contributed by atoms with Crippen molar-refractivity contribution in [2.75, 3.05) is 20.3 Å². The highest BCUT2D eigenvalue weighted by Crippen LogP contribution is 2.35. The number of ketones is 1. The molecule has 1 N–H and O–H groups in total. The number of Topliss-reactive ketones (excluding diaryl/α,β-unsaturated/α-hetero) is 1. The Balaban J connectivity index is 1.41. The number of fused-ring (bicyclic) bond motifs is 1. The molecule has 3 atom stereocenters. The monoisotopic (exact) mass is 440 g/mol. The molecular formula is C25H29FN2O4. The summed E-state index contributed by atoms with van der Waals surface area (Å²) in [7, 11) is 1.58. The topological polar surface area (TPSA) is 73.6 Å². The summed E-state index contributed by atoms with van der Waals surface area (Å²) in [4.78, 5) is 12.0. The van der Waals surface area contributed by atoms with E-state index in [-0.39, 0.29) is 29.5 Å². The molecule has 2 aromatic carbocycles. The molecule has 32 heavy (non-hydrogen) atoms. The predicted octanol–water partition coefficient (Wildman–Crippen LogP) is 5.12. The summed E-state index contributed by atoms with van der Waals surface area (Å²) in [5.41, 5.74) is 2.02.